The largest absolute Gasteiger partial charge is 0.450 e. The summed E-state index contributed by atoms with van der Waals surface area (Å²) in [6, 6.07) is 3.16. The zero-order valence-electron chi connectivity index (χ0n) is 9.28. The van der Waals surface area contributed by atoms with E-state index in [-0.39, 0.29) is 17.5 Å². The van der Waals surface area contributed by atoms with Gasteiger partial charge < -0.3 is 4.42 Å². The minimum atomic E-state index is 0.0648. The van der Waals surface area contributed by atoms with Crippen molar-refractivity contribution in [3.8, 4) is 0 Å². The van der Waals surface area contributed by atoms with Crippen LogP contribution in [0.4, 0.5) is 0 Å². The van der Waals surface area contributed by atoms with Gasteiger partial charge in [0.05, 0.1) is 0 Å². The van der Waals surface area contributed by atoms with Gasteiger partial charge >= 0.3 is 0 Å². The first-order valence-electron chi connectivity index (χ1n) is 5.90. The second-order valence-electron chi connectivity index (χ2n) is 4.37. The maximum absolute atomic E-state index is 12.1. The number of hydrogen-bond acceptors (Lipinski definition) is 3. The highest BCUT2D eigenvalue weighted by atomic mass is 16.4. The normalized spacial score (nSPS) is 18.0. The molecule has 0 spiro atoms. The highest BCUT2D eigenvalue weighted by molar-refractivity contribution is 5.95. The van der Waals surface area contributed by atoms with E-state index in [1.807, 2.05) is 0 Å². The molecule has 3 heteroatoms. The summed E-state index contributed by atoms with van der Waals surface area (Å²) in [7, 11) is 0. The molecule has 0 aromatic carbocycles. The van der Waals surface area contributed by atoms with Crippen molar-refractivity contribution in [2.75, 3.05) is 0 Å². The quantitative estimate of drug-likeness (QED) is 0.446. The minimum Gasteiger partial charge on any atom is -0.450 e. The second kappa shape index (κ2) is 5.10. The summed E-state index contributed by atoms with van der Waals surface area (Å²) in [5, 5.41) is 0. The first kappa shape index (κ1) is 11.1. The molecule has 16 heavy (non-hydrogen) atoms. The fourth-order valence-corrected chi connectivity index (χ4v) is 2.29. The van der Waals surface area contributed by atoms with E-state index >= 15 is 0 Å². The predicted molar refractivity (Wildman–Crippen MR) is 59.6 cm³/mol. The van der Waals surface area contributed by atoms with Crippen LogP contribution in [0.1, 0.15) is 59.6 Å². The summed E-state index contributed by atoms with van der Waals surface area (Å²) in [5.74, 6) is 0.731. The van der Waals surface area contributed by atoms with Gasteiger partial charge in [-0.1, -0.05) is 25.7 Å². The number of furan rings is 1. The zero-order valence-corrected chi connectivity index (χ0v) is 9.28. The van der Waals surface area contributed by atoms with Crippen molar-refractivity contribution >= 4 is 12.1 Å². The summed E-state index contributed by atoms with van der Waals surface area (Å²) in [6.45, 7) is 0. The molecule has 0 saturated heterocycles. The van der Waals surface area contributed by atoms with Crippen LogP contribution in [-0.4, -0.2) is 12.1 Å². The second-order valence-corrected chi connectivity index (χ2v) is 4.37. The van der Waals surface area contributed by atoms with Gasteiger partial charge in [-0.3, -0.25) is 9.59 Å². The Morgan fingerprint density at radius 2 is 1.88 bits per heavy atom. The average molecular weight is 220 g/mol. The van der Waals surface area contributed by atoms with E-state index in [1.165, 1.54) is 12.8 Å². The lowest BCUT2D eigenvalue weighted by Crippen LogP contribution is -2.13. The minimum absolute atomic E-state index is 0.0648. The van der Waals surface area contributed by atoms with Crippen LogP contribution in [0.2, 0.25) is 0 Å². The van der Waals surface area contributed by atoms with Crippen molar-refractivity contribution in [3.05, 3.63) is 23.7 Å². The number of aldehydes is 1. The number of carbonyl (C=O) groups excluding carboxylic acids is 2. The van der Waals surface area contributed by atoms with Gasteiger partial charge in [-0.05, 0) is 25.0 Å². The van der Waals surface area contributed by atoms with Crippen LogP contribution in [0.3, 0.4) is 0 Å². The van der Waals surface area contributed by atoms with Gasteiger partial charge in [-0.15, -0.1) is 0 Å². The lowest BCUT2D eigenvalue weighted by Gasteiger charge is -2.09. The van der Waals surface area contributed by atoms with E-state index in [9.17, 15) is 9.59 Å². The first-order valence-corrected chi connectivity index (χ1v) is 5.90. The maximum atomic E-state index is 12.1. The van der Waals surface area contributed by atoms with Gasteiger partial charge in [0.15, 0.2) is 17.8 Å². The fraction of sp³-hybridized carbons (Fsp3) is 0.538. The summed E-state index contributed by atoms with van der Waals surface area (Å²) in [4.78, 5) is 22.5. The van der Waals surface area contributed by atoms with Crippen molar-refractivity contribution in [1.29, 1.82) is 0 Å². The van der Waals surface area contributed by atoms with Crippen molar-refractivity contribution in [2.24, 2.45) is 5.92 Å². The van der Waals surface area contributed by atoms with Gasteiger partial charge in [0.25, 0.3) is 0 Å². The number of Topliss-reactive ketones (excluding diaryl/α,β-unsaturated/α-hetero) is 1. The van der Waals surface area contributed by atoms with E-state index in [4.69, 9.17) is 4.42 Å². The summed E-state index contributed by atoms with van der Waals surface area (Å²) in [5.41, 5.74) is 0. The van der Waals surface area contributed by atoms with Gasteiger partial charge in [0.1, 0.15) is 0 Å². The van der Waals surface area contributed by atoms with Crippen LogP contribution in [0.5, 0.6) is 0 Å². The molecule has 2 rings (SSSR count). The van der Waals surface area contributed by atoms with Gasteiger partial charge in [-0.25, -0.2) is 0 Å². The predicted octanol–water partition coefficient (Wildman–Crippen LogP) is 3.25. The molecular weight excluding hydrogens is 204 g/mol. The van der Waals surface area contributed by atoms with Crippen LogP contribution in [0.25, 0.3) is 0 Å². The fourth-order valence-electron chi connectivity index (χ4n) is 2.29. The molecule has 1 heterocycles. The molecular formula is C13H16O3. The van der Waals surface area contributed by atoms with Crippen LogP contribution in [0, 0.1) is 5.92 Å². The zero-order chi connectivity index (χ0) is 11.4. The molecule has 1 saturated carbocycles. The van der Waals surface area contributed by atoms with E-state index in [0.717, 1.165) is 25.7 Å². The van der Waals surface area contributed by atoms with Crippen LogP contribution in [-0.2, 0) is 0 Å². The Hall–Kier alpha value is -1.38. The lowest BCUT2D eigenvalue weighted by atomic mass is 9.94. The van der Waals surface area contributed by atoms with Crippen molar-refractivity contribution in [1.82, 2.24) is 0 Å². The Morgan fingerprint density at radius 1 is 1.19 bits per heavy atom. The van der Waals surface area contributed by atoms with E-state index < -0.39 is 0 Å². The molecule has 0 aliphatic heterocycles. The average Bonchev–Trinajstić information content (AvgIpc) is 2.62. The Morgan fingerprint density at radius 3 is 2.44 bits per heavy atom. The Labute approximate surface area is 94.8 Å². The van der Waals surface area contributed by atoms with E-state index in [0.29, 0.717) is 12.0 Å². The molecule has 0 bridgehead atoms. The third kappa shape index (κ3) is 2.40. The van der Waals surface area contributed by atoms with E-state index in [1.54, 1.807) is 12.1 Å². The molecule has 0 N–H and O–H groups in total. The number of hydrogen-bond donors (Lipinski definition) is 0. The van der Waals surface area contributed by atoms with Crippen molar-refractivity contribution in [2.45, 2.75) is 38.5 Å². The number of carbonyl (C=O) groups is 2. The van der Waals surface area contributed by atoms with Gasteiger partial charge in [-0.2, -0.15) is 0 Å². The third-order valence-corrected chi connectivity index (χ3v) is 3.21. The van der Waals surface area contributed by atoms with Crippen molar-refractivity contribution in [3.63, 3.8) is 0 Å². The monoisotopic (exact) mass is 220 g/mol. The lowest BCUT2D eigenvalue weighted by molar-refractivity contribution is 0.0877. The van der Waals surface area contributed by atoms with Crippen molar-refractivity contribution < 1.29 is 14.0 Å². The molecule has 0 amide bonds. The van der Waals surface area contributed by atoms with Crippen LogP contribution in [0.15, 0.2) is 16.5 Å². The summed E-state index contributed by atoms with van der Waals surface area (Å²) >= 11 is 0. The van der Waals surface area contributed by atoms with Gasteiger partial charge in [0, 0.05) is 5.92 Å². The maximum Gasteiger partial charge on any atom is 0.201 e. The molecule has 1 aliphatic carbocycles. The molecule has 1 fully saturated rings. The number of ketones is 1. The highest BCUT2D eigenvalue weighted by Crippen LogP contribution is 2.26. The summed E-state index contributed by atoms with van der Waals surface area (Å²) < 4.78 is 5.17. The first-order chi connectivity index (χ1) is 7.81. The highest BCUT2D eigenvalue weighted by Gasteiger charge is 2.23. The molecule has 86 valence electrons. The summed E-state index contributed by atoms with van der Waals surface area (Å²) in [6.07, 6.45) is 7.23. The van der Waals surface area contributed by atoms with E-state index in [2.05, 4.69) is 0 Å². The molecule has 1 aliphatic rings. The van der Waals surface area contributed by atoms with Gasteiger partial charge in [0.2, 0.25) is 5.78 Å². The molecule has 0 unspecified atom stereocenters. The van der Waals surface area contributed by atoms with Crippen LogP contribution >= 0.6 is 0 Å². The Kier molecular flexibility index (Phi) is 3.54. The number of rotatable bonds is 3. The molecule has 0 radical (unpaired) electrons. The smallest absolute Gasteiger partial charge is 0.201 e. The third-order valence-electron chi connectivity index (χ3n) is 3.21. The molecule has 1 aromatic heterocycles. The standard InChI is InChI=1S/C13H16O3/c14-9-11-7-8-12(16-11)13(15)10-5-3-1-2-4-6-10/h7-10H,1-6H2. The molecule has 3 nitrogen and oxygen atoms in total. The SMILES string of the molecule is O=Cc1ccc(C(=O)C2CCCCCC2)o1. The topological polar surface area (TPSA) is 47.3 Å². The molecule has 0 atom stereocenters. The Bertz CT molecular complexity index is 370. The Balaban J connectivity index is 2.07. The molecule has 1 aromatic rings. The van der Waals surface area contributed by atoms with Crippen LogP contribution < -0.4 is 0 Å².